The van der Waals surface area contributed by atoms with Crippen molar-refractivity contribution in [2.75, 3.05) is 26.2 Å². The minimum absolute atomic E-state index is 0.127. The van der Waals surface area contributed by atoms with Crippen LogP contribution in [0.5, 0.6) is 11.5 Å². The van der Waals surface area contributed by atoms with E-state index in [4.69, 9.17) is 4.74 Å². The molecule has 1 saturated heterocycles. The molecule has 2 N–H and O–H groups in total. The minimum Gasteiger partial charge on any atom is -0.507 e. The predicted molar refractivity (Wildman–Crippen MR) is 119 cm³/mol. The molecule has 4 rings (SSSR count). The summed E-state index contributed by atoms with van der Waals surface area (Å²) < 4.78 is 6.31. The summed E-state index contributed by atoms with van der Waals surface area (Å²) in [6.45, 7) is 10.8. The molecule has 5 nitrogen and oxygen atoms in total. The molecule has 1 aromatic carbocycles. The monoisotopic (exact) mass is 414 g/mol. The highest BCUT2D eigenvalue weighted by molar-refractivity contribution is 5.97. The van der Waals surface area contributed by atoms with Gasteiger partial charge in [0.1, 0.15) is 17.1 Å². The Hall–Kier alpha value is -1.75. The summed E-state index contributed by atoms with van der Waals surface area (Å²) in [6.07, 6.45) is 8.03. The fraction of sp³-hybridized carbons (Fsp3) is 0.720. The number of hydrogen-bond acceptors (Lipinski definition) is 4. The molecule has 0 spiro atoms. The Labute approximate surface area is 181 Å². The first kappa shape index (κ1) is 21.5. The Morgan fingerprint density at radius 1 is 1.23 bits per heavy atom. The molecule has 3 aliphatic rings. The van der Waals surface area contributed by atoms with Crippen molar-refractivity contribution in [2.45, 2.75) is 77.2 Å². The number of unbranched alkanes of at least 4 members (excludes halogenated alkanes) is 1. The number of nitrogens with zero attached hydrogens (tertiary/aromatic N) is 1. The average Bonchev–Trinajstić information content (AvgIpc) is 3.20. The van der Waals surface area contributed by atoms with Gasteiger partial charge >= 0.3 is 0 Å². The lowest BCUT2D eigenvalue weighted by Crippen LogP contribution is -2.46. The van der Waals surface area contributed by atoms with E-state index < -0.39 is 0 Å². The molecule has 2 aliphatic heterocycles. The van der Waals surface area contributed by atoms with E-state index in [1.54, 1.807) is 6.07 Å². The van der Waals surface area contributed by atoms with E-state index in [0.717, 1.165) is 43.5 Å². The van der Waals surface area contributed by atoms with Crippen LogP contribution in [-0.2, 0) is 0 Å². The van der Waals surface area contributed by atoms with Crippen molar-refractivity contribution in [1.82, 2.24) is 10.2 Å². The molecule has 2 fully saturated rings. The smallest absolute Gasteiger partial charge is 0.255 e. The van der Waals surface area contributed by atoms with Crippen molar-refractivity contribution in [3.63, 3.8) is 0 Å². The highest BCUT2D eigenvalue weighted by Crippen LogP contribution is 2.55. The van der Waals surface area contributed by atoms with Crippen LogP contribution in [-0.4, -0.2) is 47.7 Å². The number of phenols is 1. The number of benzene rings is 1. The maximum atomic E-state index is 12.8. The van der Waals surface area contributed by atoms with Crippen LogP contribution in [0.15, 0.2) is 12.1 Å². The van der Waals surface area contributed by atoms with Crippen molar-refractivity contribution in [2.24, 2.45) is 11.8 Å². The third-order valence-electron chi connectivity index (χ3n) is 7.56. The van der Waals surface area contributed by atoms with Crippen molar-refractivity contribution >= 4 is 5.91 Å². The molecular weight excluding hydrogens is 376 g/mol. The molecule has 3 atom stereocenters. The van der Waals surface area contributed by atoms with Gasteiger partial charge in [-0.2, -0.15) is 0 Å². The summed E-state index contributed by atoms with van der Waals surface area (Å²) in [5.41, 5.74) is 0.990. The fourth-order valence-corrected chi connectivity index (χ4v) is 5.87. The third kappa shape index (κ3) is 4.32. The lowest BCUT2D eigenvalue weighted by Gasteiger charge is -2.48. The van der Waals surface area contributed by atoms with Gasteiger partial charge in [-0.1, -0.05) is 13.3 Å². The summed E-state index contributed by atoms with van der Waals surface area (Å²) in [5, 5.41) is 14.1. The number of likely N-dealkylation sites (tertiary alicyclic amines) is 1. The number of rotatable bonds is 6. The molecule has 30 heavy (non-hydrogen) atoms. The van der Waals surface area contributed by atoms with Crippen LogP contribution in [0.25, 0.3) is 0 Å². The largest absolute Gasteiger partial charge is 0.507 e. The van der Waals surface area contributed by atoms with Crippen LogP contribution in [0.2, 0.25) is 0 Å². The highest BCUT2D eigenvalue weighted by Gasteiger charge is 2.47. The number of carbonyl (C=O) groups excluding carboxylic acids is 1. The van der Waals surface area contributed by atoms with Gasteiger partial charge < -0.3 is 20.1 Å². The molecule has 0 radical (unpaired) electrons. The molecule has 1 saturated carbocycles. The molecule has 1 aliphatic carbocycles. The number of hydrogen-bond donors (Lipinski definition) is 2. The second-order valence-corrected chi connectivity index (χ2v) is 10.2. The molecule has 166 valence electrons. The Morgan fingerprint density at radius 2 is 2.00 bits per heavy atom. The van der Waals surface area contributed by atoms with Crippen LogP contribution < -0.4 is 10.1 Å². The van der Waals surface area contributed by atoms with Gasteiger partial charge in [0.05, 0.1) is 5.56 Å². The van der Waals surface area contributed by atoms with Gasteiger partial charge in [0.2, 0.25) is 0 Å². The van der Waals surface area contributed by atoms with Gasteiger partial charge in [0, 0.05) is 18.0 Å². The maximum absolute atomic E-state index is 12.8. The van der Waals surface area contributed by atoms with E-state index in [1.807, 2.05) is 6.07 Å². The number of amides is 1. The topological polar surface area (TPSA) is 61.8 Å². The molecule has 1 aromatic rings. The van der Waals surface area contributed by atoms with E-state index in [0.29, 0.717) is 23.9 Å². The number of aromatic hydroxyl groups is 1. The number of fused-ring (bicyclic) bond motifs is 3. The predicted octanol–water partition coefficient (Wildman–Crippen LogP) is 4.69. The first-order chi connectivity index (χ1) is 14.4. The lowest BCUT2D eigenvalue weighted by atomic mass is 9.64. The zero-order valence-electron chi connectivity index (χ0n) is 18.9. The molecule has 2 heterocycles. The van der Waals surface area contributed by atoms with Crippen LogP contribution in [0.3, 0.4) is 0 Å². The first-order valence-corrected chi connectivity index (χ1v) is 11.9. The standard InChI is InChI=1S/C25H38N2O3/c1-17-8-10-20-19(16-17)22-21(30-25(20,2)3)11-9-18(23(22)28)24(29)26-12-4-5-13-27-14-6-7-15-27/h9,11,17,19-20,28H,4-8,10,12-16H2,1-3H3,(H,26,29)/t17-,19-,20-/m1/s1. The Morgan fingerprint density at radius 3 is 2.77 bits per heavy atom. The second-order valence-electron chi connectivity index (χ2n) is 10.2. The van der Waals surface area contributed by atoms with E-state index in [1.165, 1.54) is 32.4 Å². The summed E-state index contributed by atoms with van der Waals surface area (Å²) in [6, 6.07) is 3.60. The fourth-order valence-electron chi connectivity index (χ4n) is 5.87. The van der Waals surface area contributed by atoms with Gasteiger partial charge in [-0.15, -0.1) is 0 Å². The summed E-state index contributed by atoms with van der Waals surface area (Å²) >= 11 is 0. The number of carbonyl (C=O) groups is 1. The second kappa shape index (κ2) is 8.78. The van der Waals surface area contributed by atoms with Crippen LogP contribution in [0, 0.1) is 11.8 Å². The zero-order chi connectivity index (χ0) is 21.3. The summed E-state index contributed by atoms with van der Waals surface area (Å²) in [5.74, 6) is 1.94. The van der Waals surface area contributed by atoms with Crippen molar-refractivity contribution in [3.8, 4) is 11.5 Å². The molecule has 5 heteroatoms. The summed E-state index contributed by atoms with van der Waals surface area (Å²) in [7, 11) is 0. The van der Waals surface area contributed by atoms with Crippen molar-refractivity contribution in [1.29, 1.82) is 0 Å². The van der Waals surface area contributed by atoms with Crippen LogP contribution in [0.1, 0.15) is 87.6 Å². The van der Waals surface area contributed by atoms with Gasteiger partial charge in [0.15, 0.2) is 0 Å². The Bertz CT molecular complexity index is 770. The SMILES string of the molecule is C[C@@H]1CC[C@@H]2[C@@H](C1)c1c(ccc(C(=O)NCCCCN3CCCC3)c1O)OC2(C)C. The quantitative estimate of drug-likeness (QED) is 0.663. The molecule has 0 unspecified atom stereocenters. The maximum Gasteiger partial charge on any atom is 0.255 e. The van der Waals surface area contributed by atoms with Crippen molar-refractivity contribution < 1.29 is 14.6 Å². The van der Waals surface area contributed by atoms with E-state index >= 15 is 0 Å². The van der Waals surface area contributed by atoms with Crippen molar-refractivity contribution in [3.05, 3.63) is 23.3 Å². The number of ether oxygens (including phenoxy) is 1. The minimum atomic E-state index is -0.247. The van der Waals surface area contributed by atoms with E-state index in [9.17, 15) is 9.90 Å². The Kier molecular flexibility index (Phi) is 6.29. The number of nitrogens with one attached hydrogen (secondary N) is 1. The summed E-state index contributed by atoms with van der Waals surface area (Å²) in [4.78, 5) is 15.3. The van der Waals surface area contributed by atoms with E-state index in [-0.39, 0.29) is 23.2 Å². The van der Waals surface area contributed by atoms with Gasteiger partial charge in [-0.3, -0.25) is 4.79 Å². The highest BCUT2D eigenvalue weighted by atomic mass is 16.5. The molecular formula is C25H38N2O3. The van der Waals surface area contributed by atoms with Gasteiger partial charge in [0.25, 0.3) is 5.91 Å². The lowest BCUT2D eigenvalue weighted by molar-refractivity contribution is -0.0145. The Balaban J connectivity index is 1.42. The van der Waals surface area contributed by atoms with Crippen LogP contribution >= 0.6 is 0 Å². The number of phenolic OH excluding ortho intramolecular Hbond substituents is 1. The molecule has 1 amide bonds. The average molecular weight is 415 g/mol. The van der Waals surface area contributed by atoms with Gasteiger partial charge in [-0.25, -0.2) is 0 Å². The van der Waals surface area contributed by atoms with Gasteiger partial charge in [-0.05, 0) is 96.0 Å². The molecule has 0 bridgehead atoms. The third-order valence-corrected chi connectivity index (χ3v) is 7.56. The zero-order valence-corrected chi connectivity index (χ0v) is 18.9. The molecule has 0 aromatic heterocycles. The first-order valence-electron chi connectivity index (χ1n) is 11.9. The van der Waals surface area contributed by atoms with Crippen LogP contribution in [0.4, 0.5) is 0 Å². The normalized spacial score (nSPS) is 27.8. The van der Waals surface area contributed by atoms with E-state index in [2.05, 4.69) is 31.0 Å².